The van der Waals surface area contributed by atoms with Crippen molar-refractivity contribution in [1.29, 1.82) is 0 Å². The first kappa shape index (κ1) is 17.3. The third kappa shape index (κ3) is 6.30. The van der Waals surface area contributed by atoms with Crippen LogP contribution in [0.3, 0.4) is 0 Å². The standard InChI is InChI=1S/C19H25NO3/c1-15-4-3-5-19(12-15)23-14-17(21)13-20-11-10-16-6-8-18(22-2)9-7-16/h3-9,12,17,20-21H,10-11,13-14H2,1-2H3/t17-/m1/s1. The Hall–Kier alpha value is -2.04. The Morgan fingerprint density at radius 3 is 2.57 bits per heavy atom. The van der Waals surface area contributed by atoms with Gasteiger partial charge in [0.25, 0.3) is 0 Å². The van der Waals surface area contributed by atoms with E-state index in [1.807, 2.05) is 43.3 Å². The van der Waals surface area contributed by atoms with E-state index < -0.39 is 6.10 Å². The fourth-order valence-electron chi connectivity index (χ4n) is 2.25. The van der Waals surface area contributed by atoms with Gasteiger partial charge in [0, 0.05) is 6.54 Å². The molecule has 2 rings (SSSR count). The molecule has 0 radical (unpaired) electrons. The summed E-state index contributed by atoms with van der Waals surface area (Å²) in [5, 5.41) is 13.2. The highest BCUT2D eigenvalue weighted by atomic mass is 16.5. The molecule has 0 saturated heterocycles. The fourth-order valence-corrected chi connectivity index (χ4v) is 2.25. The molecule has 0 amide bonds. The number of benzene rings is 2. The molecule has 23 heavy (non-hydrogen) atoms. The lowest BCUT2D eigenvalue weighted by Gasteiger charge is -2.13. The third-order valence-corrected chi connectivity index (χ3v) is 3.56. The van der Waals surface area contributed by atoms with Crippen LogP contribution in [0, 0.1) is 6.92 Å². The molecule has 2 N–H and O–H groups in total. The van der Waals surface area contributed by atoms with Gasteiger partial charge in [-0.2, -0.15) is 0 Å². The second-order valence-electron chi connectivity index (χ2n) is 5.58. The molecule has 0 spiro atoms. The average Bonchev–Trinajstić information content (AvgIpc) is 2.57. The van der Waals surface area contributed by atoms with Crippen LogP contribution in [0.5, 0.6) is 11.5 Å². The Labute approximate surface area is 138 Å². The number of aryl methyl sites for hydroxylation is 1. The van der Waals surface area contributed by atoms with Crippen molar-refractivity contribution in [3.05, 3.63) is 59.7 Å². The van der Waals surface area contributed by atoms with Crippen LogP contribution in [0.1, 0.15) is 11.1 Å². The zero-order chi connectivity index (χ0) is 16.5. The molecule has 4 nitrogen and oxygen atoms in total. The van der Waals surface area contributed by atoms with Crippen LogP contribution in [0.25, 0.3) is 0 Å². The molecule has 0 aliphatic heterocycles. The highest BCUT2D eigenvalue weighted by molar-refractivity contribution is 5.28. The van der Waals surface area contributed by atoms with E-state index in [1.54, 1.807) is 7.11 Å². The van der Waals surface area contributed by atoms with Gasteiger partial charge in [0.15, 0.2) is 0 Å². The van der Waals surface area contributed by atoms with E-state index in [2.05, 4.69) is 17.4 Å². The maximum Gasteiger partial charge on any atom is 0.119 e. The maximum absolute atomic E-state index is 9.94. The van der Waals surface area contributed by atoms with Crippen molar-refractivity contribution in [2.45, 2.75) is 19.4 Å². The molecule has 2 aromatic rings. The van der Waals surface area contributed by atoms with Gasteiger partial charge in [-0.1, -0.05) is 24.3 Å². The summed E-state index contributed by atoms with van der Waals surface area (Å²) in [7, 11) is 1.66. The molecule has 1 atom stereocenters. The normalized spacial score (nSPS) is 12.0. The van der Waals surface area contributed by atoms with Crippen molar-refractivity contribution in [2.24, 2.45) is 0 Å². The molecule has 0 bridgehead atoms. The number of rotatable bonds is 9. The van der Waals surface area contributed by atoms with Crippen LogP contribution < -0.4 is 14.8 Å². The molecule has 2 aromatic carbocycles. The van der Waals surface area contributed by atoms with Gasteiger partial charge in [0.1, 0.15) is 24.2 Å². The van der Waals surface area contributed by atoms with Gasteiger partial charge < -0.3 is 19.9 Å². The lowest BCUT2D eigenvalue weighted by Crippen LogP contribution is -2.32. The summed E-state index contributed by atoms with van der Waals surface area (Å²) < 4.78 is 10.7. The topological polar surface area (TPSA) is 50.7 Å². The minimum Gasteiger partial charge on any atom is -0.497 e. The largest absolute Gasteiger partial charge is 0.497 e. The van der Waals surface area contributed by atoms with Crippen molar-refractivity contribution in [3.8, 4) is 11.5 Å². The van der Waals surface area contributed by atoms with Gasteiger partial charge >= 0.3 is 0 Å². The van der Waals surface area contributed by atoms with Gasteiger partial charge in [-0.05, 0) is 55.3 Å². The number of aliphatic hydroxyl groups excluding tert-OH is 1. The molecule has 0 fully saturated rings. The van der Waals surface area contributed by atoms with E-state index in [4.69, 9.17) is 9.47 Å². The summed E-state index contributed by atoms with van der Waals surface area (Å²) in [6.45, 7) is 3.64. The number of methoxy groups -OCH3 is 1. The summed E-state index contributed by atoms with van der Waals surface area (Å²) >= 11 is 0. The fraction of sp³-hybridized carbons (Fsp3) is 0.368. The summed E-state index contributed by atoms with van der Waals surface area (Å²) in [4.78, 5) is 0. The zero-order valence-electron chi connectivity index (χ0n) is 13.8. The van der Waals surface area contributed by atoms with E-state index in [0.717, 1.165) is 30.0 Å². The number of ether oxygens (including phenoxy) is 2. The molecule has 124 valence electrons. The summed E-state index contributed by atoms with van der Waals surface area (Å²) in [5.74, 6) is 1.66. The van der Waals surface area contributed by atoms with Crippen LogP contribution in [0.15, 0.2) is 48.5 Å². The van der Waals surface area contributed by atoms with Crippen molar-refractivity contribution in [1.82, 2.24) is 5.32 Å². The van der Waals surface area contributed by atoms with Crippen LogP contribution >= 0.6 is 0 Å². The molecule has 0 unspecified atom stereocenters. The van der Waals surface area contributed by atoms with Crippen LogP contribution in [0.2, 0.25) is 0 Å². The smallest absolute Gasteiger partial charge is 0.119 e. The quantitative estimate of drug-likeness (QED) is 0.698. The Morgan fingerprint density at radius 1 is 1.09 bits per heavy atom. The van der Waals surface area contributed by atoms with Crippen LogP contribution in [-0.2, 0) is 6.42 Å². The zero-order valence-corrected chi connectivity index (χ0v) is 13.8. The summed E-state index contributed by atoms with van der Waals surface area (Å²) in [5.41, 5.74) is 2.39. The van der Waals surface area contributed by atoms with Crippen molar-refractivity contribution >= 4 is 0 Å². The minimum absolute atomic E-state index is 0.291. The molecular weight excluding hydrogens is 290 g/mol. The highest BCUT2D eigenvalue weighted by Crippen LogP contribution is 2.13. The second kappa shape index (κ2) is 9.18. The lowest BCUT2D eigenvalue weighted by atomic mass is 10.1. The number of nitrogens with one attached hydrogen (secondary N) is 1. The number of hydrogen-bond acceptors (Lipinski definition) is 4. The van der Waals surface area contributed by atoms with Gasteiger partial charge in [-0.3, -0.25) is 0 Å². The molecule has 0 heterocycles. The highest BCUT2D eigenvalue weighted by Gasteiger charge is 2.05. The lowest BCUT2D eigenvalue weighted by molar-refractivity contribution is 0.106. The van der Waals surface area contributed by atoms with E-state index >= 15 is 0 Å². The van der Waals surface area contributed by atoms with Crippen LogP contribution in [0.4, 0.5) is 0 Å². The first-order chi connectivity index (χ1) is 11.2. The first-order valence-corrected chi connectivity index (χ1v) is 7.88. The van der Waals surface area contributed by atoms with Gasteiger partial charge in [-0.15, -0.1) is 0 Å². The van der Waals surface area contributed by atoms with Gasteiger partial charge in [0.05, 0.1) is 7.11 Å². The van der Waals surface area contributed by atoms with Gasteiger partial charge in [-0.25, -0.2) is 0 Å². The summed E-state index contributed by atoms with van der Waals surface area (Å²) in [6.07, 6.45) is 0.390. The van der Waals surface area contributed by atoms with E-state index in [-0.39, 0.29) is 0 Å². The molecule has 0 aliphatic rings. The second-order valence-corrected chi connectivity index (χ2v) is 5.58. The Balaban J connectivity index is 1.61. The number of aliphatic hydroxyl groups is 1. The van der Waals surface area contributed by atoms with E-state index in [1.165, 1.54) is 5.56 Å². The Morgan fingerprint density at radius 2 is 1.87 bits per heavy atom. The molecule has 0 aliphatic carbocycles. The molecule has 4 heteroatoms. The van der Waals surface area contributed by atoms with E-state index in [0.29, 0.717) is 13.2 Å². The molecular formula is C19H25NO3. The Kier molecular flexibility index (Phi) is 6.91. The van der Waals surface area contributed by atoms with Crippen molar-refractivity contribution in [2.75, 3.05) is 26.8 Å². The average molecular weight is 315 g/mol. The monoisotopic (exact) mass is 315 g/mol. The molecule has 0 saturated carbocycles. The summed E-state index contributed by atoms with van der Waals surface area (Å²) in [6, 6.07) is 15.9. The predicted molar refractivity (Wildman–Crippen MR) is 92.2 cm³/mol. The van der Waals surface area contributed by atoms with Crippen molar-refractivity contribution in [3.63, 3.8) is 0 Å². The predicted octanol–water partition coefficient (Wildman–Crippen LogP) is 2.58. The third-order valence-electron chi connectivity index (χ3n) is 3.56. The van der Waals surface area contributed by atoms with Crippen LogP contribution in [-0.4, -0.2) is 38.0 Å². The Bertz CT molecular complexity index is 583. The first-order valence-electron chi connectivity index (χ1n) is 7.88. The minimum atomic E-state index is -0.522. The molecule has 0 aromatic heterocycles. The SMILES string of the molecule is COc1ccc(CCNC[C@@H](O)COc2cccc(C)c2)cc1. The number of hydrogen-bond donors (Lipinski definition) is 2. The van der Waals surface area contributed by atoms with Crippen molar-refractivity contribution < 1.29 is 14.6 Å². The maximum atomic E-state index is 9.94. The van der Waals surface area contributed by atoms with E-state index in [9.17, 15) is 5.11 Å². The van der Waals surface area contributed by atoms with Gasteiger partial charge in [0.2, 0.25) is 0 Å².